The summed E-state index contributed by atoms with van der Waals surface area (Å²) in [4.78, 5) is 34.2. The predicted molar refractivity (Wildman–Crippen MR) is 106 cm³/mol. The molecule has 2 heterocycles. The summed E-state index contributed by atoms with van der Waals surface area (Å²) >= 11 is 7.48. The standard InChI is InChI=1S/C18H19ClN4O2S/c1-5-10(2)26-16-13-15(22(3)18(25)23(4)17(13)24)20-14(21-16)11-6-8-12(19)9-7-11/h6-10H,5H2,1-4H3/t10-/m0/s1. The summed E-state index contributed by atoms with van der Waals surface area (Å²) in [6.45, 7) is 4.15. The molecule has 3 rings (SSSR count). The van der Waals surface area contributed by atoms with E-state index in [-0.39, 0.29) is 10.8 Å². The van der Waals surface area contributed by atoms with Crippen molar-refractivity contribution in [3.8, 4) is 11.4 Å². The van der Waals surface area contributed by atoms with Gasteiger partial charge in [0.15, 0.2) is 11.5 Å². The highest BCUT2D eigenvalue weighted by Crippen LogP contribution is 2.30. The first-order chi connectivity index (χ1) is 12.3. The molecule has 0 bridgehead atoms. The zero-order valence-corrected chi connectivity index (χ0v) is 16.6. The molecule has 0 fully saturated rings. The SMILES string of the molecule is CC[C@H](C)Sc1nc(-c2ccc(Cl)cc2)nc2c1c(=O)n(C)c(=O)n2C. The van der Waals surface area contributed by atoms with Crippen molar-refractivity contribution in [2.24, 2.45) is 14.1 Å². The Bertz CT molecular complexity index is 1090. The molecule has 0 N–H and O–H groups in total. The van der Waals surface area contributed by atoms with Crippen molar-refractivity contribution in [2.75, 3.05) is 0 Å². The minimum Gasteiger partial charge on any atom is -0.280 e. The van der Waals surface area contributed by atoms with E-state index in [1.807, 2.05) is 12.1 Å². The first-order valence-corrected chi connectivity index (χ1v) is 9.49. The average molecular weight is 391 g/mol. The fourth-order valence-electron chi connectivity index (χ4n) is 2.52. The molecule has 6 nitrogen and oxygen atoms in total. The van der Waals surface area contributed by atoms with Gasteiger partial charge in [0.1, 0.15) is 10.4 Å². The van der Waals surface area contributed by atoms with E-state index >= 15 is 0 Å². The number of hydrogen-bond acceptors (Lipinski definition) is 5. The maximum absolute atomic E-state index is 12.7. The van der Waals surface area contributed by atoms with Gasteiger partial charge in [0.05, 0.1) is 0 Å². The van der Waals surface area contributed by atoms with Gasteiger partial charge in [-0.2, -0.15) is 0 Å². The minimum atomic E-state index is -0.414. The van der Waals surface area contributed by atoms with Gasteiger partial charge >= 0.3 is 5.69 Å². The zero-order chi connectivity index (χ0) is 19.0. The molecule has 0 saturated carbocycles. The van der Waals surface area contributed by atoms with Gasteiger partial charge in [-0.25, -0.2) is 14.8 Å². The van der Waals surface area contributed by atoms with E-state index < -0.39 is 5.69 Å². The minimum absolute atomic E-state index is 0.271. The molecular formula is C18H19ClN4O2S. The van der Waals surface area contributed by atoms with Crippen molar-refractivity contribution < 1.29 is 0 Å². The van der Waals surface area contributed by atoms with Crippen LogP contribution >= 0.6 is 23.4 Å². The zero-order valence-electron chi connectivity index (χ0n) is 15.0. The van der Waals surface area contributed by atoms with Gasteiger partial charge in [-0.15, -0.1) is 11.8 Å². The van der Waals surface area contributed by atoms with Crippen molar-refractivity contribution >= 4 is 34.4 Å². The third kappa shape index (κ3) is 3.29. The first kappa shape index (κ1) is 18.7. The highest BCUT2D eigenvalue weighted by molar-refractivity contribution is 8.00. The van der Waals surface area contributed by atoms with E-state index in [1.165, 1.54) is 23.4 Å². The second-order valence-corrected chi connectivity index (χ2v) is 7.96. The Morgan fingerprint density at radius 3 is 2.38 bits per heavy atom. The summed E-state index contributed by atoms with van der Waals surface area (Å²) in [5.74, 6) is 0.461. The molecule has 0 unspecified atom stereocenters. The third-order valence-corrected chi connectivity index (χ3v) is 5.76. The Kier molecular flexibility index (Phi) is 5.20. The molecule has 26 heavy (non-hydrogen) atoms. The summed E-state index contributed by atoms with van der Waals surface area (Å²) in [6, 6.07) is 7.16. The smallest absolute Gasteiger partial charge is 0.280 e. The number of benzene rings is 1. The maximum atomic E-state index is 12.7. The number of aromatic nitrogens is 4. The Labute approximate surface area is 159 Å². The Morgan fingerprint density at radius 2 is 1.77 bits per heavy atom. The van der Waals surface area contributed by atoms with Crippen LogP contribution in [0.4, 0.5) is 0 Å². The second-order valence-electron chi connectivity index (χ2n) is 6.10. The van der Waals surface area contributed by atoms with E-state index in [2.05, 4.69) is 23.8 Å². The number of rotatable bonds is 4. The predicted octanol–water partition coefficient (Wildman–Crippen LogP) is 3.24. The normalized spacial score (nSPS) is 12.5. The lowest BCUT2D eigenvalue weighted by Gasteiger charge is -2.14. The molecular weight excluding hydrogens is 372 g/mol. The first-order valence-electron chi connectivity index (χ1n) is 8.23. The third-order valence-electron chi connectivity index (χ3n) is 4.26. The van der Waals surface area contributed by atoms with Crippen molar-refractivity contribution in [3.63, 3.8) is 0 Å². The van der Waals surface area contributed by atoms with E-state index in [9.17, 15) is 9.59 Å². The van der Waals surface area contributed by atoms with Crippen LogP contribution in [0.5, 0.6) is 0 Å². The Morgan fingerprint density at radius 1 is 1.12 bits per heavy atom. The van der Waals surface area contributed by atoms with Gasteiger partial charge in [-0.1, -0.05) is 25.4 Å². The fourth-order valence-corrected chi connectivity index (χ4v) is 3.63. The number of hydrogen-bond donors (Lipinski definition) is 0. The van der Waals surface area contributed by atoms with Crippen LogP contribution < -0.4 is 11.2 Å². The topological polar surface area (TPSA) is 69.8 Å². The number of nitrogens with zero attached hydrogens (tertiary/aromatic N) is 4. The quantitative estimate of drug-likeness (QED) is 0.505. The van der Waals surface area contributed by atoms with Crippen LogP contribution in [0.15, 0.2) is 38.9 Å². The van der Waals surface area contributed by atoms with Gasteiger partial charge in [-0.05, 0) is 30.7 Å². The van der Waals surface area contributed by atoms with E-state index in [0.29, 0.717) is 26.9 Å². The van der Waals surface area contributed by atoms with Crippen molar-refractivity contribution in [1.82, 2.24) is 19.1 Å². The van der Waals surface area contributed by atoms with E-state index in [4.69, 9.17) is 11.6 Å². The summed E-state index contributed by atoms with van der Waals surface area (Å²) in [5, 5.41) is 1.85. The lowest BCUT2D eigenvalue weighted by molar-refractivity contribution is 0.703. The molecule has 1 atom stereocenters. The van der Waals surface area contributed by atoms with Crippen LogP contribution in [0.3, 0.4) is 0 Å². The lowest BCUT2D eigenvalue weighted by atomic mass is 10.2. The molecule has 0 amide bonds. The van der Waals surface area contributed by atoms with Gasteiger partial charge < -0.3 is 0 Å². The number of aryl methyl sites for hydroxylation is 1. The molecule has 8 heteroatoms. The maximum Gasteiger partial charge on any atom is 0.332 e. The monoisotopic (exact) mass is 390 g/mol. The van der Waals surface area contributed by atoms with Gasteiger partial charge in [0.25, 0.3) is 5.56 Å². The van der Waals surface area contributed by atoms with Crippen LogP contribution in [0.1, 0.15) is 20.3 Å². The van der Waals surface area contributed by atoms with Gasteiger partial charge in [-0.3, -0.25) is 13.9 Å². The highest BCUT2D eigenvalue weighted by atomic mass is 35.5. The van der Waals surface area contributed by atoms with Crippen molar-refractivity contribution in [3.05, 3.63) is 50.1 Å². The number of halogens is 1. The molecule has 3 aromatic rings. The molecule has 0 aliphatic carbocycles. The number of fused-ring (bicyclic) bond motifs is 1. The second kappa shape index (κ2) is 7.25. The van der Waals surface area contributed by atoms with Crippen molar-refractivity contribution in [1.29, 1.82) is 0 Å². The summed E-state index contributed by atoms with van der Waals surface area (Å²) < 4.78 is 2.48. The van der Waals surface area contributed by atoms with E-state index in [0.717, 1.165) is 16.6 Å². The lowest BCUT2D eigenvalue weighted by Crippen LogP contribution is -2.37. The molecule has 0 saturated heterocycles. The molecule has 2 aromatic heterocycles. The van der Waals surface area contributed by atoms with Crippen LogP contribution in [0.25, 0.3) is 22.4 Å². The van der Waals surface area contributed by atoms with Crippen LogP contribution in [0, 0.1) is 0 Å². The van der Waals surface area contributed by atoms with E-state index in [1.54, 1.807) is 19.2 Å². The van der Waals surface area contributed by atoms with Gasteiger partial charge in [0, 0.05) is 29.9 Å². The fraction of sp³-hybridized carbons (Fsp3) is 0.333. The van der Waals surface area contributed by atoms with Crippen LogP contribution in [-0.2, 0) is 14.1 Å². The number of thioether (sulfide) groups is 1. The molecule has 0 spiro atoms. The Hall–Kier alpha value is -2.12. The Balaban J connectivity index is 2.37. The molecule has 0 aliphatic rings. The molecule has 136 valence electrons. The largest absolute Gasteiger partial charge is 0.332 e. The van der Waals surface area contributed by atoms with Crippen LogP contribution in [0.2, 0.25) is 5.02 Å². The van der Waals surface area contributed by atoms with Crippen molar-refractivity contribution in [2.45, 2.75) is 30.5 Å². The van der Waals surface area contributed by atoms with Crippen LogP contribution in [-0.4, -0.2) is 24.4 Å². The summed E-state index contributed by atoms with van der Waals surface area (Å²) in [7, 11) is 3.08. The van der Waals surface area contributed by atoms with Gasteiger partial charge in [0.2, 0.25) is 0 Å². The molecule has 0 radical (unpaired) electrons. The molecule has 1 aromatic carbocycles. The summed E-state index contributed by atoms with van der Waals surface area (Å²) in [6.07, 6.45) is 0.929. The average Bonchev–Trinajstić information content (AvgIpc) is 2.64. The highest BCUT2D eigenvalue weighted by Gasteiger charge is 2.19. The molecule has 0 aliphatic heterocycles. The summed E-state index contributed by atoms with van der Waals surface area (Å²) in [5.41, 5.74) is 0.318.